The average Bonchev–Trinajstić information content (AvgIpc) is 2.79. The van der Waals surface area contributed by atoms with Crippen LogP contribution in [0.2, 0.25) is 5.02 Å². The van der Waals surface area contributed by atoms with Gasteiger partial charge in [-0.25, -0.2) is 0 Å². The molecule has 1 fully saturated rings. The van der Waals surface area contributed by atoms with Crippen LogP contribution in [0.1, 0.15) is 44.8 Å². The lowest BCUT2D eigenvalue weighted by Gasteiger charge is -2.32. The Hall–Kier alpha value is -1.06. The lowest BCUT2D eigenvalue weighted by Crippen LogP contribution is -2.39. The third-order valence-corrected chi connectivity index (χ3v) is 3.94. The number of hydrogen-bond acceptors (Lipinski definition) is 2. The van der Waals surface area contributed by atoms with Crippen LogP contribution >= 0.6 is 11.6 Å². The van der Waals surface area contributed by atoms with E-state index >= 15 is 0 Å². The number of carbonyl (C=O) groups excluding carboxylic acids is 1. The summed E-state index contributed by atoms with van der Waals surface area (Å²) >= 11 is 5.92. The maximum absolute atomic E-state index is 12.1. The first kappa shape index (κ1) is 14.4. The second kappa shape index (κ2) is 6.40. The van der Waals surface area contributed by atoms with Crippen LogP contribution in [0.3, 0.4) is 0 Å². The molecule has 1 aromatic rings. The van der Waals surface area contributed by atoms with Gasteiger partial charge < -0.3 is 4.90 Å². The zero-order valence-electron chi connectivity index (χ0n) is 11.5. The summed E-state index contributed by atoms with van der Waals surface area (Å²) in [6.07, 6.45) is 3.12. The van der Waals surface area contributed by atoms with Gasteiger partial charge in [0.05, 0.1) is 6.54 Å². The third kappa shape index (κ3) is 3.10. The molecule has 19 heavy (non-hydrogen) atoms. The number of rotatable bonds is 5. The van der Waals surface area contributed by atoms with E-state index in [1.807, 2.05) is 29.2 Å². The molecular formula is C15H21ClN2O. The Bertz CT molecular complexity index is 432. The average molecular weight is 281 g/mol. The molecule has 1 N–H and O–H groups in total. The Labute approximate surface area is 119 Å². The van der Waals surface area contributed by atoms with Crippen LogP contribution in [0.15, 0.2) is 24.3 Å². The van der Waals surface area contributed by atoms with Crippen LogP contribution in [-0.2, 0) is 4.79 Å². The van der Waals surface area contributed by atoms with Crippen LogP contribution < -0.4 is 5.32 Å². The molecule has 2 atom stereocenters. The number of hydrogen-bond donors (Lipinski definition) is 1. The largest absolute Gasteiger partial charge is 0.319 e. The summed E-state index contributed by atoms with van der Waals surface area (Å²) in [4.78, 5) is 14.1. The normalized spacial score (nSPS) is 20.9. The first-order valence-corrected chi connectivity index (χ1v) is 7.35. The molecule has 1 saturated heterocycles. The molecule has 3 nitrogen and oxygen atoms in total. The number of carbonyl (C=O) groups is 1. The molecule has 1 aliphatic heterocycles. The molecule has 0 spiro atoms. The van der Waals surface area contributed by atoms with Crippen molar-refractivity contribution in [2.75, 3.05) is 6.54 Å². The van der Waals surface area contributed by atoms with Crippen molar-refractivity contribution in [3.63, 3.8) is 0 Å². The van der Waals surface area contributed by atoms with E-state index in [1.165, 1.54) is 0 Å². The summed E-state index contributed by atoms with van der Waals surface area (Å²) in [6.45, 7) is 4.73. The van der Waals surface area contributed by atoms with Gasteiger partial charge in [0.1, 0.15) is 6.17 Å². The summed E-state index contributed by atoms with van der Waals surface area (Å²) in [5, 5.41) is 4.02. The Morgan fingerprint density at radius 1 is 1.37 bits per heavy atom. The monoisotopic (exact) mass is 280 g/mol. The van der Waals surface area contributed by atoms with Gasteiger partial charge in [-0.15, -0.1) is 0 Å². The van der Waals surface area contributed by atoms with Crippen LogP contribution in [0.4, 0.5) is 0 Å². The van der Waals surface area contributed by atoms with Crippen molar-refractivity contribution in [1.29, 1.82) is 0 Å². The van der Waals surface area contributed by atoms with Gasteiger partial charge >= 0.3 is 0 Å². The van der Waals surface area contributed by atoms with E-state index in [4.69, 9.17) is 11.6 Å². The molecular weight excluding hydrogens is 260 g/mol. The predicted molar refractivity (Wildman–Crippen MR) is 78.0 cm³/mol. The molecule has 0 bridgehead atoms. The predicted octanol–water partition coefficient (Wildman–Crippen LogP) is 3.35. The maximum atomic E-state index is 12.1. The highest BCUT2D eigenvalue weighted by atomic mass is 35.5. The van der Waals surface area contributed by atoms with E-state index in [2.05, 4.69) is 19.2 Å². The highest BCUT2D eigenvalue weighted by Crippen LogP contribution is 2.28. The minimum Gasteiger partial charge on any atom is -0.319 e. The number of halogens is 1. The van der Waals surface area contributed by atoms with E-state index in [0.29, 0.717) is 12.6 Å². The molecule has 1 aromatic carbocycles. The van der Waals surface area contributed by atoms with E-state index in [1.54, 1.807) is 0 Å². The molecule has 0 radical (unpaired) electrons. The van der Waals surface area contributed by atoms with Crippen molar-refractivity contribution in [3.05, 3.63) is 34.9 Å². The van der Waals surface area contributed by atoms with Crippen LogP contribution in [-0.4, -0.2) is 23.4 Å². The van der Waals surface area contributed by atoms with E-state index in [9.17, 15) is 4.79 Å². The minimum absolute atomic E-state index is 0.0127. The molecule has 1 heterocycles. The van der Waals surface area contributed by atoms with Gasteiger partial charge in [-0.2, -0.15) is 0 Å². The molecule has 0 aromatic heterocycles. The molecule has 1 amide bonds. The quantitative estimate of drug-likeness (QED) is 0.897. The molecule has 4 heteroatoms. The lowest BCUT2D eigenvalue weighted by atomic mass is 10.0. The second-order valence-electron chi connectivity index (χ2n) is 4.99. The van der Waals surface area contributed by atoms with Gasteiger partial charge in [0.15, 0.2) is 0 Å². The fraction of sp³-hybridized carbons (Fsp3) is 0.533. The highest BCUT2D eigenvalue weighted by Gasteiger charge is 2.35. The third-order valence-electron chi connectivity index (χ3n) is 3.69. The smallest absolute Gasteiger partial charge is 0.238 e. The number of nitrogens with one attached hydrogen (secondary N) is 1. The van der Waals surface area contributed by atoms with Gasteiger partial charge in [-0.3, -0.25) is 10.1 Å². The van der Waals surface area contributed by atoms with E-state index in [0.717, 1.165) is 29.8 Å². The fourth-order valence-electron chi connectivity index (χ4n) is 2.73. The van der Waals surface area contributed by atoms with Crippen molar-refractivity contribution in [1.82, 2.24) is 10.2 Å². The van der Waals surface area contributed by atoms with Crippen LogP contribution in [0.25, 0.3) is 0 Å². The Balaban J connectivity index is 2.23. The van der Waals surface area contributed by atoms with E-state index in [-0.39, 0.29) is 12.1 Å². The summed E-state index contributed by atoms with van der Waals surface area (Å²) < 4.78 is 0. The van der Waals surface area contributed by atoms with Crippen molar-refractivity contribution >= 4 is 17.5 Å². The molecule has 2 rings (SSSR count). The van der Waals surface area contributed by atoms with Gasteiger partial charge in [-0.1, -0.05) is 44.0 Å². The van der Waals surface area contributed by atoms with Crippen LogP contribution in [0, 0.1) is 0 Å². The fourth-order valence-corrected chi connectivity index (χ4v) is 2.85. The van der Waals surface area contributed by atoms with Gasteiger partial charge in [0.25, 0.3) is 0 Å². The first-order valence-electron chi connectivity index (χ1n) is 6.97. The maximum Gasteiger partial charge on any atom is 0.238 e. The molecule has 104 valence electrons. The van der Waals surface area contributed by atoms with Crippen molar-refractivity contribution in [3.8, 4) is 0 Å². The first-order chi connectivity index (χ1) is 9.17. The molecule has 1 aliphatic rings. The summed E-state index contributed by atoms with van der Waals surface area (Å²) in [5.74, 6) is 0.195. The van der Waals surface area contributed by atoms with Crippen LogP contribution in [0.5, 0.6) is 0 Å². The van der Waals surface area contributed by atoms with Gasteiger partial charge in [0.2, 0.25) is 5.91 Å². The lowest BCUT2D eigenvalue weighted by molar-refractivity contribution is -0.130. The Kier molecular flexibility index (Phi) is 4.83. The topological polar surface area (TPSA) is 32.3 Å². The second-order valence-corrected chi connectivity index (χ2v) is 5.42. The number of benzene rings is 1. The number of amides is 1. The van der Waals surface area contributed by atoms with Gasteiger partial charge in [0, 0.05) is 11.1 Å². The summed E-state index contributed by atoms with van der Waals surface area (Å²) in [6, 6.07) is 8.04. The Morgan fingerprint density at radius 2 is 2.05 bits per heavy atom. The standard InChI is InChI=1S/C15H21ClN2O/c1-3-5-13(4-2)18-14(19)10-17-15(18)11-6-8-12(16)9-7-11/h6-9,13,15,17H,3-5,10H2,1-2H3. The zero-order chi connectivity index (χ0) is 13.8. The van der Waals surface area contributed by atoms with Gasteiger partial charge in [-0.05, 0) is 30.5 Å². The number of nitrogens with zero attached hydrogens (tertiary/aromatic N) is 1. The highest BCUT2D eigenvalue weighted by molar-refractivity contribution is 6.30. The zero-order valence-corrected chi connectivity index (χ0v) is 12.3. The molecule has 0 aliphatic carbocycles. The van der Waals surface area contributed by atoms with E-state index < -0.39 is 0 Å². The Morgan fingerprint density at radius 3 is 2.63 bits per heavy atom. The van der Waals surface area contributed by atoms with Crippen molar-refractivity contribution in [2.45, 2.75) is 45.3 Å². The van der Waals surface area contributed by atoms with Crippen molar-refractivity contribution < 1.29 is 4.79 Å². The van der Waals surface area contributed by atoms with Crippen molar-refractivity contribution in [2.24, 2.45) is 0 Å². The summed E-state index contributed by atoms with van der Waals surface area (Å²) in [5.41, 5.74) is 1.10. The molecule has 2 unspecified atom stereocenters. The minimum atomic E-state index is -0.0127. The molecule has 0 saturated carbocycles. The summed E-state index contributed by atoms with van der Waals surface area (Å²) in [7, 11) is 0. The SMILES string of the molecule is CCCC(CC)N1C(=O)CNC1c1ccc(Cl)cc1.